The Morgan fingerprint density at radius 1 is 1.61 bits per heavy atom. The molecule has 0 aliphatic heterocycles. The lowest BCUT2D eigenvalue weighted by Crippen LogP contribution is -1.84. The molecule has 0 bridgehead atoms. The third-order valence-electron chi connectivity index (χ3n) is 2.25. The number of aromatic nitrogens is 2. The predicted octanol–water partition coefficient (Wildman–Crippen LogP) is 3.35. The normalized spacial score (nSPS) is 10.1. The van der Waals surface area contributed by atoms with Crippen molar-refractivity contribution in [3.05, 3.63) is 28.5 Å². The summed E-state index contributed by atoms with van der Waals surface area (Å²) in [6, 6.07) is 1.99. The maximum atomic E-state index is 10.7. The molecule has 0 spiro atoms. The second-order valence-electron chi connectivity index (χ2n) is 3.64. The van der Waals surface area contributed by atoms with Crippen molar-refractivity contribution in [1.29, 1.82) is 0 Å². The minimum atomic E-state index is 0.136. The third-order valence-corrected chi connectivity index (χ3v) is 3.50. The molecule has 0 unspecified atom stereocenters. The molecule has 0 saturated carbocycles. The van der Waals surface area contributed by atoms with E-state index >= 15 is 0 Å². The molecule has 2 heterocycles. The van der Waals surface area contributed by atoms with Gasteiger partial charge < -0.3 is 4.98 Å². The van der Waals surface area contributed by atoms with E-state index in [2.05, 4.69) is 37.7 Å². The van der Waals surface area contributed by atoms with Crippen LogP contribution < -0.4 is 0 Å². The number of H-pyrrole nitrogens is 1. The Kier molecular flexibility index (Phi) is 4.45. The molecule has 92 valence electrons. The van der Waals surface area contributed by atoms with E-state index in [0.29, 0.717) is 6.42 Å². The van der Waals surface area contributed by atoms with Crippen molar-refractivity contribution in [2.75, 3.05) is 5.75 Å². The molecule has 0 amide bonds. The highest BCUT2D eigenvalue weighted by Gasteiger charge is 2.02. The fourth-order valence-corrected chi connectivity index (χ4v) is 2.31. The van der Waals surface area contributed by atoms with Gasteiger partial charge in [0.15, 0.2) is 5.12 Å². The number of fused-ring (bicyclic) bond motifs is 1. The predicted molar refractivity (Wildman–Crippen MR) is 78.4 cm³/mol. The van der Waals surface area contributed by atoms with Crippen LogP contribution in [0, 0.1) is 11.8 Å². The summed E-state index contributed by atoms with van der Waals surface area (Å²) in [7, 11) is 0. The van der Waals surface area contributed by atoms with E-state index in [9.17, 15) is 4.79 Å². The molecule has 0 saturated heterocycles. The number of aromatic amines is 1. The number of hydrogen-bond acceptors (Lipinski definition) is 3. The van der Waals surface area contributed by atoms with E-state index < -0.39 is 0 Å². The van der Waals surface area contributed by atoms with Gasteiger partial charge in [0, 0.05) is 41.4 Å². The molecule has 2 aromatic rings. The molecule has 0 atom stereocenters. The smallest absolute Gasteiger partial charge is 0.185 e. The zero-order chi connectivity index (χ0) is 13.0. The molecular formula is C13H11BrN2OS. The fourth-order valence-electron chi connectivity index (χ4n) is 1.48. The molecule has 18 heavy (non-hydrogen) atoms. The minimum Gasteiger partial charge on any atom is -0.345 e. The highest BCUT2D eigenvalue weighted by atomic mass is 79.9. The van der Waals surface area contributed by atoms with E-state index in [1.54, 1.807) is 13.1 Å². The number of carbonyl (C=O) groups excluding carboxylic acids is 1. The van der Waals surface area contributed by atoms with Crippen molar-refractivity contribution in [2.45, 2.75) is 13.3 Å². The monoisotopic (exact) mass is 322 g/mol. The first-order chi connectivity index (χ1) is 8.66. The van der Waals surface area contributed by atoms with Gasteiger partial charge in [-0.15, -0.1) is 0 Å². The Hall–Kier alpha value is -1.25. The van der Waals surface area contributed by atoms with Crippen molar-refractivity contribution < 1.29 is 4.79 Å². The van der Waals surface area contributed by atoms with Crippen molar-refractivity contribution in [3.63, 3.8) is 0 Å². The lowest BCUT2D eigenvalue weighted by molar-refractivity contribution is -0.109. The molecule has 2 aromatic heterocycles. The van der Waals surface area contributed by atoms with Crippen molar-refractivity contribution in [2.24, 2.45) is 0 Å². The van der Waals surface area contributed by atoms with Gasteiger partial charge in [0.05, 0.1) is 5.56 Å². The largest absolute Gasteiger partial charge is 0.345 e. The van der Waals surface area contributed by atoms with Crippen LogP contribution in [0.25, 0.3) is 11.0 Å². The number of pyridine rings is 1. The van der Waals surface area contributed by atoms with Crippen LogP contribution in [-0.4, -0.2) is 20.8 Å². The van der Waals surface area contributed by atoms with Crippen LogP contribution in [0.3, 0.4) is 0 Å². The van der Waals surface area contributed by atoms with E-state index in [0.717, 1.165) is 26.8 Å². The number of thioether (sulfide) groups is 1. The SMILES string of the molecule is CC(=O)SCCC#Cc1c[nH]c2ncc(Br)cc12. The molecule has 5 heteroatoms. The van der Waals surface area contributed by atoms with Gasteiger partial charge >= 0.3 is 0 Å². The summed E-state index contributed by atoms with van der Waals surface area (Å²) in [6.07, 6.45) is 4.31. The summed E-state index contributed by atoms with van der Waals surface area (Å²) < 4.78 is 0.935. The van der Waals surface area contributed by atoms with E-state index in [1.807, 2.05) is 12.3 Å². The first-order valence-corrected chi connectivity index (χ1v) is 7.19. The Morgan fingerprint density at radius 3 is 3.22 bits per heavy atom. The molecule has 0 fully saturated rings. The number of rotatable bonds is 2. The topological polar surface area (TPSA) is 45.8 Å². The maximum absolute atomic E-state index is 10.7. The second kappa shape index (κ2) is 6.07. The van der Waals surface area contributed by atoms with Gasteiger partial charge in [0.2, 0.25) is 0 Å². The van der Waals surface area contributed by atoms with Crippen molar-refractivity contribution in [3.8, 4) is 11.8 Å². The van der Waals surface area contributed by atoms with Gasteiger partial charge in [-0.3, -0.25) is 4.79 Å². The first kappa shape index (κ1) is 13.2. The van der Waals surface area contributed by atoms with Crippen LogP contribution in [0.1, 0.15) is 18.9 Å². The maximum Gasteiger partial charge on any atom is 0.185 e. The van der Waals surface area contributed by atoms with E-state index in [-0.39, 0.29) is 5.12 Å². The van der Waals surface area contributed by atoms with Gasteiger partial charge in [-0.2, -0.15) is 0 Å². The van der Waals surface area contributed by atoms with Gasteiger partial charge in [0.25, 0.3) is 0 Å². The van der Waals surface area contributed by atoms with Crippen LogP contribution in [0.4, 0.5) is 0 Å². The second-order valence-corrected chi connectivity index (χ2v) is 5.83. The molecule has 0 aliphatic carbocycles. The summed E-state index contributed by atoms with van der Waals surface area (Å²) >= 11 is 4.70. The first-order valence-electron chi connectivity index (χ1n) is 5.41. The fraction of sp³-hybridized carbons (Fsp3) is 0.231. The number of nitrogens with zero attached hydrogens (tertiary/aromatic N) is 1. The number of hydrogen-bond donors (Lipinski definition) is 1. The van der Waals surface area contributed by atoms with Crippen molar-refractivity contribution in [1.82, 2.24) is 9.97 Å². The van der Waals surface area contributed by atoms with Crippen LogP contribution in [-0.2, 0) is 4.79 Å². The van der Waals surface area contributed by atoms with E-state index in [4.69, 9.17) is 0 Å². The lowest BCUT2D eigenvalue weighted by Gasteiger charge is -1.91. The molecule has 0 radical (unpaired) electrons. The summed E-state index contributed by atoms with van der Waals surface area (Å²) in [5, 5.41) is 1.15. The quantitative estimate of drug-likeness (QED) is 0.681. The molecule has 2 rings (SSSR count). The number of halogens is 1. The lowest BCUT2D eigenvalue weighted by atomic mass is 10.2. The van der Waals surface area contributed by atoms with Crippen molar-refractivity contribution >= 4 is 43.8 Å². The summed E-state index contributed by atoms with van der Waals surface area (Å²) in [4.78, 5) is 18.1. The summed E-state index contributed by atoms with van der Waals surface area (Å²) in [6.45, 7) is 1.57. The molecule has 1 N–H and O–H groups in total. The minimum absolute atomic E-state index is 0.136. The number of carbonyl (C=O) groups is 1. The Balaban J connectivity index is 2.10. The zero-order valence-electron chi connectivity index (χ0n) is 9.79. The number of nitrogens with one attached hydrogen (secondary N) is 1. The van der Waals surface area contributed by atoms with Crippen LogP contribution >= 0.6 is 27.7 Å². The Bertz CT molecular complexity index is 639. The zero-order valence-corrected chi connectivity index (χ0v) is 12.2. The standard InChI is InChI=1S/C13H11BrN2OS/c1-9(17)18-5-3-2-4-10-7-15-13-12(10)6-11(14)8-16-13/h6-8H,3,5H2,1H3,(H,15,16). The summed E-state index contributed by atoms with van der Waals surface area (Å²) in [5.41, 5.74) is 1.77. The molecule has 3 nitrogen and oxygen atoms in total. The average molecular weight is 323 g/mol. The summed E-state index contributed by atoms with van der Waals surface area (Å²) in [5.74, 6) is 6.91. The van der Waals surface area contributed by atoms with E-state index in [1.165, 1.54) is 11.8 Å². The average Bonchev–Trinajstić information content (AvgIpc) is 2.71. The molecule has 0 aliphatic rings. The third kappa shape index (κ3) is 3.37. The van der Waals surface area contributed by atoms with Gasteiger partial charge in [0.1, 0.15) is 5.65 Å². The highest BCUT2D eigenvalue weighted by molar-refractivity contribution is 9.10. The Labute approximate surface area is 118 Å². The molecule has 0 aromatic carbocycles. The van der Waals surface area contributed by atoms with Gasteiger partial charge in [-0.1, -0.05) is 23.6 Å². The van der Waals surface area contributed by atoms with Crippen LogP contribution in [0.5, 0.6) is 0 Å². The van der Waals surface area contributed by atoms with Gasteiger partial charge in [-0.05, 0) is 22.0 Å². The Morgan fingerprint density at radius 2 is 2.44 bits per heavy atom. The highest BCUT2D eigenvalue weighted by Crippen LogP contribution is 2.19. The molecular weight excluding hydrogens is 312 g/mol. The van der Waals surface area contributed by atoms with Crippen LogP contribution in [0.2, 0.25) is 0 Å². The van der Waals surface area contributed by atoms with Crippen LogP contribution in [0.15, 0.2) is 22.9 Å². The van der Waals surface area contributed by atoms with Gasteiger partial charge in [-0.25, -0.2) is 4.98 Å².